The predicted molar refractivity (Wildman–Crippen MR) is 65.2 cm³/mol. The Morgan fingerprint density at radius 3 is 1.88 bits per heavy atom. The highest BCUT2D eigenvalue weighted by atomic mass is 32.2. The van der Waals surface area contributed by atoms with Gasteiger partial charge in [0.05, 0.1) is 0 Å². The fraction of sp³-hybridized carbons (Fsp3) is 0. The topological polar surface area (TPSA) is 69.2 Å². The Hall–Kier alpha value is -1.85. The van der Waals surface area contributed by atoms with Crippen molar-refractivity contribution in [2.24, 2.45) is 0 Å². The van der Waals surface area contributed by atoms with Crippen molar-refractivity contribution >= 4 is 16.0 Å². The molecule has 0 saturated heterocycles. The Kier molecular flexibility index (Phi) is 3.12. The molecule has 0 bridgehead atoms. The zero-order chi connectivity index (χ0) is 12.3. The molecular weight excluding hydrogens is 238 g/mol. The van der Waals surface area contributed by atoms with E-state index in [0.717, 1.165) is 11.1 Å². The molecule has 4 nitrogen and oxygen atoms in total. The minimum absolute atomic E-state index is 0.264. The lowest BCUT2D eigenvalue weighted by Gasteiger charge is -2.10. The van der Waals surface area contributed by atoms with Crippen molar-refractivity contribution in [2.45, 2.75) is 0 Å². The molecule has 0 aliphatic carbocycles. The second-order valence-electron chi connectivity index (χ2n) is 3.50. The summed E-state index contributed by atoms with van der Waals surface area (Å²) in [4.78, 5) is 0. The van der Waals surface area contributed by atoms with Gasteiger partial charge in [0.2, 0.25) is 0 Å². The molecule has 0 saturated carbocycles. The standard InChI is InChI=1S/C12H11NO3S/c14-17(15,16)13-12-8-6-11(7-9-12)10-4-2-1-3-5-10/h1-9,13H,(H,14,15,16)/p-1. The van der Waals surface area contributed by atoms with Crippen LogP contribution in [-0.2, 0) is 10.3 Å². The Morgan fingerprint density at radius 1 is 0.824 bits per heavy atom. The summed E-state index contributed by atoms with van der Waals surface area (Å²) in [5.41, 5.74) is 2.25. The van der Waals surface area contributed by atoms with Gasteiger partial charge in [0, 0.05) is 5.69 Å². The molecule has 0 radical (unpaired) electrons. The molecular formula is C12H10NO3S-. The summed E-state index contributed by atoms with van der Waals surface area (Å²) in [6.45, 7) is 0. The van der Waals surface area contributed by atoms with Crippen molar-refractivity contribution in [3.05, 3.63) is 54.6 Å². The van der Waals surface area contributed by atoms with Gasteiger partial charge in [0.1, 0.15) is 0 Å². The van der Waals surface area contributed by atoms with Crippen LogP contribution in [0.4, 0.5) is 5.69 Å². The van der Waals surface area contributed by atoms with Gasteiger partial charge < -0.3 is 4.55 Å². The van der Waals surface area contributed by atoms with E-state index in [1.807, 2.05) is 35.1 Å². The third kappa shape index (κ3) is 3.30. The highest BCUT2D eigenvalue weighted by Gasteiger charge is 1.98. The van der Waals surface area contributed by atoms with Gasteiger partial charge in [-0.05, 0) is 23.3 Å². The fourth-order valence-electron chi connectivity index (χ4n) is 1.51. The molecule has 17 heavy (non-hydrogen) atoms. The summed E-state index contributed by atoms with van der Waals surface area (Å²) in [6, 6.07) is 16.3. The largest absolute Gasteiger partial charge is 0.731 e. The van der Waals surface area contributed by atoms with Gasteiger partial charge in [-0.1, -0.05) is 42.5 Å². The minimum Gasteiger partial charge on any atom is -0.731 e. The quantitative estimate of drug-likeness (QED) is 0.847. The maximum atomic E-state index is 10.5. The van der Waals surface area contributed by atoms with Crippen LogP contribution in [0.1, 0.15) is 0 Å². The van der Waals surface area contributed by atoms with Crippen molar-refractivity contribution < 1.29 is 13.0 Å². The van der Waals surface area contributed by atoms with Crippen LogP contribution in [0.15, 0.2) is 54.6 Å². The van der Waals surface area contributed by atoms with Crippen LogP contribution < -0.4 is 4.72 Å². The van der Waals surface area contributed by atoms with Crippen LogP contribution in [0.2, 0.25) is 0 Å². The van der Waals surface area contributed by atoms with Crippen LogP contribution in [0.3, 0.4) is 0 Å². The molecule has 0 fully saturated rings. The van der Waals surface area contributed by atoms with Gasteiger partial charge >= 0.3 is 0 Å². The number of rotatable bonds is 3. The average molecular weight is 248 g/mol. The summed E-state index contributed by atoms with van der Waals surface area (Å²) >= 11 is 0. The lowest BCUT2D eigenvalue weighted by atomic mass is 10.1. The maximum absolute atomic E-state index is 10.5. The van der Waals surface area contributed by atoms with Crippen LogP contribution in [0.5, 0.6) is 0 Å². The maximum Gasteiger partial charge on any atom is 0.181 e. The summed E-state index contributed by atoms with van der Waals surface area (Å²) in [5, 5.41) is 0. The van der Waals surface area contributed by atoms with E-state index in [9.17, 15) is 13.0 Å². The summed E-state index contributed by atoms with van der Waals surface area (Å²) < 4.78 is 33.3. The first-order valence-electron chi connectivity index (χ1n) is 4.94. The van der Waals surface area contributed by atoms with E-state index < -0.39 is 10.3 Å². The first-order chi connectivity index (χ1) is 8.04. The molecule has 2 rings (SSSR count). The fourth-order valence-corrected chi connectivity index (χ4v) is 1.93. The molecule has 0 unspecified atom stereocenters. The Balaban J connectivity index is 2.25. The molecule has 0 aliphatic rings. The molecule has 0 aromatic heterocycles. The van der Waals surface area contributed by atoms with Crippen molar-refractivity contribution in [1.29, 1.82) is 0 Å². The van der Waals surface area contributed by atoms with Gasteiger partial charge in [0.25, 0.3) is 0 Å². The zero-order valence-electron chi connectivity index (χ0n) is 8.83. The molecule has 2 aromatic carbocycles. The van der Waals surface area contributed by atoms with Gasteiger partial charge in [0.15, 0.2) is 10.3 Å². The SMILES string of the molecule is O=S(=O)([O-])Nc1ccc(-c2ccccc2)cc1. The Morgan fingerprint density at radius 2 is 1.35 bits per heavy atom. The van der Waals surface area contributed by atoms with Crippen molar-refractivity contribution in [1.82, 2.24) is 0 Å². The third-order valence-corrected chi connectivity index (χ3v) is 2.72. The normalized spacial score (nSPS) is 11.1. The number of nitrogens with one attached hydrogen (secondary N) is 1. The van der Waals surface area contributed by atoms with Crippen molar-refractivity contribution in [3.63, 3.8) is 0 Å². The molecule has 0 spiro atoms. The van der Waals surface area contributed by atoms with Crippen LogP contribution >= 0.6 is 0 Å². The van der Waals surface area contributed by atoms with Gasteiger partial charge in [-0.25, -0.2) is 8.42 Å². The van der Waals surface area contributed by atoms with Crippen LogP contribution in [0.25, 0.3) is 11.1 Å². The number of hydrogen-bond donors (Lipinski definition) is 1. The number of anilines is 1. The predicted octanol–water partition coefficient (Wildman–Crippen LogP) is 2.23. The van der Waals surface area contributed by atoms with E-state index in [1.54, 1.807) is 24.3 Å². The van der Waals surface area contributed by atoms with E-state index in [4.69, 9.17) is 0 Å². The second-order valence-corrected chi connectivity index (χ2v) is 4.61. The van der Waals surface area contributed by atoms with Gasteiger partial charge in [-0.3, -0.25) is 4.72 Å². The molecule has 0 amide bonds. The molecule has 5 heteroatoms. The Bertz CT molecular complexity index is 591. The van der Waals surface area contributed by atoms with E-state index in [1.165, 1.54) is 0 Å². The van der Waals surface area contributed by atoms with Crippen LogP contribution in [0, 0.1) is 0 Å². The number of hydrogen-bond acceptors (Lipinski definition) is 3. The smallest absolute Gasteiger partial charge is 0.181 e. The summed E-state index contributed by atoms with van der Waals surface area (Å²) in [7, 11) is -4.45. The molecule has 2 aromatic rings. The number of benzene rings is 2. The summed E-state index contributed by atoms with van der Waals surface area (Å²) in [5.74, 6) is 0. The summed E-state index contributed by atoms with van der Waals surface area (Å²) in [6.07, 6.45) is 0. The third-order valence-electron chi connectivity index (χ3n) is 2.23. The van der Waals surface area contributed by atoms with E-state index in [2.05, 4.69) is 0 Å². The lowest BCUT2D eigenvalue weighted by Crippen LogP contribution is -2.10. The Labute approximate surface area is 99.8 Å². The van der Waals surface area contributed by atoms with Gasteiger partial charge in [-0.2, -0.15) is 0 Å². The molecule has 0 aliphatic heterocycles. The van der Waals surface area contributed by atoms with Gasteiger partial charge in [-0.15, -0.1) is 0 Å². The van der Waals surface area contributed by atoms with Crippen molar-refractivity contribution in [3.8, 4) is 11.1 Å². The monoisotopic (exact) mass is 248 g/mol. The van der Waals surface area contributed by atoms with E-state index in [0.29, 0.717) is 0 Å². The van der Waals surface area contributed by atoms with Crippen LogP contribution in [-0.4, -0.2) is 13.0 Å². The lowest BCUT2D eigenvalue weighted by molar-refractivity contribution is 0.469. The minimum atomic E-state index is -4.45. The van der Waals surface area contributed by atoms with E-state index >= 15 is 0 Å². The average Bonchev–Trinajstić information content (AvgIpc) is 2.29. The molecule has 0 heterocycles. The first-order valence-corrected chi connectivity index (χ1v) is 6.34. The zero-order valence-corrected chi connectivity index (χ0v) is 9.65. The first kappa shape index (κ1) is 11.6. The molecule has 88 valence electrons. The molecule has 0 atom stereocenters. The van der Waals surface area contributed by atoms with E-state index in [-0.39, 0.29) is 5.69 Å². The van der Waals surface area contributed by atoms with Crippen molar-refractivity contribution in [2.75, 3.05) is 4.72 Å². The highest BCUT2D eigenvalue weighted by molar-refractivity contribution is 7.87. The molecule has 1 N–H and O–H groups in total. The second kappa shape index (κ2) is 4.57. The highest BCUT2D eigenvalue weighted by Crippen LogP contribution is 2.21.